The van der Waals surface area contributed by atoms with E-state index < -0.39 is 0 Å². The third-order valence-corrected chi connectivity index (χ3v) is 8.14. The fraction of sp³-hybridized carbons (Fsp3) is 0.139. The Labute approximate surface area is 225 Å². The number of nitrogens with zero attached hydrogens (tertiary/aromatic N) is 1. The van der Waals surface area contributed by atoms with Gasteiger partial charge in [0, 0.05) is 33.6 Å². The van der Waals surface area contributed by atoms with Gasteiger partial charge in [0.15, 0.2) is 5.78 Å². The van der Waals surface area contributed by atoms with Gasteiger partial charge in [-0.05, 0) is 77.6 Å². The Kier molecular flexibility index (Phi) is 6.17. The summed E-state index contributed by atoms with van der Waals surface area (Å²) in [7, 11) is 0. The smallest absolute Gasteiger partial charge is 0.193 e. The van der Waals surface area contributed by atoms with Crippen molar-refractivity contribution in [2.75, 3.05) is 4.90 Å². The molecule has 0 saturated heterocycles. The molecule has 38 heavy (non-hydrogen) atoms. The number of rotatable bonds is 7. The van der Waals surface area contributed by atoms with Crippen LogP contribution in [0.4, 0.5) is 17.1 Å². The van der Waals surface area contributed by atoms with Gasteiger partial charge in [-0.3, -0.25) is 4.79 Å². The van der Waals surface area contributed by atoms with Gasteiger partial charge in [-0.2, -0.15) is 0 Å². The molecule has 0 bridgehead atoms. The third-order valence-electron chi connectivity index (χ3n) is 8.14. The van der Waals surface area contributed by atoms with Crippen LogP contribution in [0.25, 0.3) is 11.1 Å². The minimum atomic E-state index is -0.146. The highest BCUT2D eigenvalue weighted by molar-refractivity contribution is 6.09. The molecule has 0 aliphatic heterocycles. The number of hydrogen-bond acceptors (Lipinski definition) is 2. The predicted octanol–water partition coefficient (Wildman–Crippen LogP) is 9.47. The largest absolute Gasteiger partial charge is 0.310 e. The third kappa shape index (κ3) is 3.85. The highest BCUT2D eigenvalue weighted by Crippen LogP contribution is 2.54. The number of carbonyl (C=O) groups excluding carboxylic acids is 1. The molecular weight excluding hydrogens is 462 g/mol. The van der Waals surface area contributed by atoms with E-state index in [4.69, 9.17) is 0 Å². The maximum absolute atomic E-state index is 13.4. The lowest BCUT2D eigenvalue weighted by Crippen LogP contribution is -2.24. The zero-order chi connectivity index (χ0) is 26.1. The molecule has 0 aromatic heterocycles. The van der Waals surface area contributed by atoms with E-state index in [-0.39, 0.29) is 11.2 Å². The van der Waals surface area contributed by atoms with Crippen molar-refractivity contribution in [1.82, 2.24) is 0 Å². The van der Waals surface area contributed by atoms with Crippen molar-refractivity contribution in [2.24, 2.45) is 0 Å². The van der Waals surface area contributed by atoms with Gasteiger partial charge >= 0.3 is 0 Å². The molecule has 186 valence electrons. The molecule has 2 heteroatoms. The zero-order valence-electron chi connectivity index (χ0n) is 21.9. The predicted molar refractivity (Wildman–Crippen MR) is 158 cm³/mol. The fourth-order valence-corrected chi connectivity index (χ4v) is 6.13. The van der Waals surface area contributed by atoms with Gasteiger partial charge in [0.2, 0.25) is 0 Å². The van der Waals surface area contributed by atoms with Crippen molar-refractivity contribution in [3.63, 3.8) is 0 Å². The highest BCUT2D eigenvalue weighted by atomic mass is 16.1. The second-order valence-electron chi connectivity index (χ2n) is 9.98. The normalized spacial score (nSPS) is 13.0. The average molecular weight is 494 g/mol. The van der Waals surface area contributed by atoms with E-state index in [1.807, 2.05) is 36.4 Å². The Morgan fingerprint density at radius 1 is 0.553 bits per heavy atom. The SMILES string of the molecule is CCC1(CC)c2cc(C(=O)c3ccccc3)ccc2-c2ccc(N(c3ccccc3)c3ccccc3)cc21. The van der Waals surface area contributed by atoms with Crippen LogP contribution in [0, 0.1) is 0 Å². The van der Waals surface area contributed by atoms with Crippen LogP contribution in [0.3, 0.4) is 0 Å². The molecule has 1 aliphatic carbocycles. The van der Waals surface area contributed by atoms with Crippen LogP contribution >= 0.6 is 0 Å². The maximum Gasteiger partial charge on any atom is 0.193 e. The van der Waals surface area contributed by atoms with Gasteiger partial charge in [0.1, 0.15) is 0 Å². The van der Waals surface area contributed by atoms with E-state index in [1.165, 1.54) is 22.3 Å². The summed E-state index contributed by atoms with van der Waals surface area (Å²) in [6, 6.07) is 43.8. The van der Waals surface area contributed by atoms with Crippen LogP contribution in [0.2, 0.25) is 0 Å². The first-order valence-electron chi connectivity index (χ1n) is 13.5. The molecule has 0 radical (unpaired) electrons. The van der Waals surface area contributed by atoms with E-state index in [1.54, 1.807) is 0 Å². The van der Waals surface area contributed by atoms with E-state index in [0.717, 1.165) is 41.0 Å². The molecule has 5 aromatic carbocycles. The van der Waals surface area contributed by atoms with Crippen molar-refractivity contribution in [1.29, 1.82) is 0 Å². The summed E-state index contributed by atoms with van der Waals surface area (Å²) in [5, 5.41) is 0. The summed E-state index contributed by atoms with van der Waals surface area (Å²) in [6.45, 7) is 4.54. The van der Waals surface area contributed by atoms with Gasteiger partial charge in [-0.25, -0.2) is 0 Å². The Morgan fingerprint density at radius 2 is 1.05 bits per heavy atom. The minimum absolute atomic E-state index is 0.0745. The monoisotopic (exact) mass is 493 g/mol. The van der Waals surface area contributed by atoms with E-state index in [9.17, 15) is 4.79 Å². The first-order valence-corrected chi connectivity index (χ1v) is 13.5. The lowest BCUT2D eigenvalue weighted by Gasteiger charge is -2.32. The molecule has 0 atom stereocenters. The number of para-hydroxylation sites is 2. The molecular formula is C36H31NO. The Hall–Kier alpha value is -4.43. The number of hydrogen-bond donors (Lipinski definition) is 0. The Bertz CT molecular complexity index is 1550. The van der Waals surface area contributed by atoms with Gasteiger partial charge in [-0.15, -0.1) is 0 Å². The summed E-state index contributed by atoms with van der Waals surface area (Å²) >= 11 is 0. The molecule has 0 spiro atoms. The Morgan fingerprint density at radius 3 is 1.61 bits per heavy atom. The van der Waals surface area contributed by atoms with Crippen LogP contribution in [-0.4, -0.2) is 5.78 Å². The topological polar surface area (TPSA) is 20.3 Å². The summed E-state index contributed by atoms with van der Waals surface area (Å²) in [4.78, 5) is 15.7. The van der Waals surface area contributed by atoms with E-state index in [2.05, 4.69) is 110 Å². The van der Waals surface area contributed by atoms with Gasteiger partial charge in [0.05, 0.1) is 0 Å². The molecule has 1 aliphatic rings. The van der Waals surface area contributed by atoms with Gasteiger partial charge in [-0.1, -0.05) is 98.8 Å². The van der Waals surface area contributed by atoms with Gasteiger partial charge < -0.3 is 4.90 Å². The number of anilines is 3. The first kappa shape index (κ1) is 23.9. The molecule has 0 heterocycles. The lowest BCUT2D eigenvalue weighted by atomic mass is 9.73. The molecule has 2 nitrogen and oxygen atoms in total. The molecule has 0 fully saturated rings. The summed E-state index contributed by atoms with van der Waals surface area (Å²) in [5.41, 5.74) is 9.85. The van der Waals surface area contributed by atoms with Crippen molar-refractivity contribution >= 4 is 22.8 Å². The van der Waals surface area contributed by atoms with Crippen molar-refractivity contribution in [3.05, 3.63) is 150 Å². The molecule has 6 rings (SSSR count). The maximum atomic E-state index is 13.4. The Balaban J connectivity index is 1.50. The summed E-state index contributed by atoms with van der Waals surface area (Å²) in [6.07, 6.45) is 1.93. The van der Waals surface area contributed by atoms with Gasteiger partial charge in [0.25, 0.3) is 0 Å². The molecule has 0 unspecified atom stereocenters. The van der Waals surface area contributed by atoms with Crippen molar-refractivity contribution in [3.8, 4) is 11.1 Å². The van der Waals surface area contributed by atoms with Crippen molar-refractivity contribution < 1.29 is 4.79 Å². The number of ketones is 1. The van der Waals surface area contributed by atoms with Crippen LogP contribution < -0.4 is 4.90 Å². The quantitative estimate of drug-likeness (QED) is 0.210. The average Bonchev–Trinajstić information content (AvgIpc) is 3.27. The molecule has 5 aromatic rings. The standard InChI is InChI=1S/C36H31NO/c1-3-36(4-2)33-24-27(35(38)26-14-8-5-9-15-26)20-22-31(33)32-23-21-30(25-34(32)36)37(28-16-10-6-11-17-28)29-18-12-7-13-19-29/h5-25H,3-4H2,1-2H3. The lowest BCUT2D eigenvalue weighted by molar-refractivity contribution is 0.103. The zero-order valence-corrected chi connectivity index (χ0v) is 21.9. The summed E-state index contributed by atoms with van der Waals surface area (Å²) in [5.74, 6) is 0.0745. The molecule has 0 saturated carbocycles. The van der Waals surface area contributed by atoms with Crippen LogP contribution in [0.1, 0.15) is 53.7 Å². The number of benzene rings is 5. The van der Waals surface area contributed by atoms with Crippen LogP contribution in [0.5, 0.6) is 0 Å². The second kappa shape index (κ2) is 9.79. The van der Waals surface area contributed by atoms with E-state index in [0.29, 0.717) is 0 Å². The van der Waals surface area contributed by atoms with Crippen molar-refractivity contribution in [2.45, 2.75) is 32.1 Å². The second-order valence-corrected chi connectivity index (χ2v) is 9.98. The number of carbonyl (C=O) groups is 1. The van der Waals surface area contributed by atoms with Crippen LogP contribution in [-0.2, 0) is 5.41 Å². The van der Waals surface area contributed by atoms with Crippen LogP contribution in [0.15, 0.2) is 127 Å². The first-order chi connectivity index (χ1) is 18.7. The minimum Gasteiger partial charge on any atom is -0.310 e. The molecule has 0 amide bonds. The molecule has 0 N–H and O–H groups in total. The van der Waals surface area contributed by atoms with E-state index >= 15 is 0 Å². The fourth-order valence-electron chi connectivity index (χ4n) is 6.13. The summed E-state index contributed by atoms with van der Waals surface area (Å²) < 4.78 is 0. The number of fused-ring (bicyclic) bond motifs is 3. The highest BCUT2D eigenvalue weighted by Gasteiger charge is 2.41.